The number of hydrogen-bond acceptors (Lipinski definition) is 13. The Morgan fingerprint density at radius 1 is 0.340 bits per heavy atom. The lowest BCUT2D eigenvalue weighted by Crippen LogP contribution is -2.62. The lowest BCUT2D eigenvalue weighted by atomic mass is 9.75. The highest BCUT2D eigenvalue weighted by molar-refractivity contribution is 5.27. The van der Waals surface area contributed by atoms with Gasteiger partial charge in [0.2, 0.25) is 0 Å². The molecule has 532 valence electrons. The third-order valence-electron chi connectivity index (χ3n) is 20.0. The molecule has 3 fully saturated rings. The van der Waals surface area contributed by atoms with Crippen molar-refractivity contribution in [2.24, 2.45) is 17.6 Å². The summed E-state index contributed by atoms with van der Waals surface area (Å²) >= 11 is 0. The molecule has 3 saturated heterocycles. The molecule has 3 heterocycles. The van der Waals surface area contributed by atoms with Crippen LogP contribution < -0.4 is 10.5 Å². The van der Waals surface area contributed by atoms with Crippen LogP contribution in [0, 0.1) is 11.8 Å². The minimum atomic E-state index is -0.563. The zero-order chi connectivity index (χ0) is 68.6. The van der Waals surface area contributed by atoms with E-state index in [1.54, 1.807) is 7.11 Å². The Kier molecular flexibility index (Phi) is 30.6. The van der Waals surface area contributed by atoms with Gasteiger partial charge in [-0.2, -0.15) is 0 Å². The summed E-state index contributed by atoms with van der Waals surface area (Å²) in [6.07, 6.45) is 7.01. The lowest BCUT2D eigenvalue weighted by Gasteiger charge is -2.50. The van der Waals surface area contributed by atoms with Gasteiger partial charge in [-0.25, -0.2) is 0 Å². The van der Waals surface area contributed by atoms with Gasteiger partial charge in [-0.1, -0.05) is 269 Å². The molecular formula is C87H107NO12. The topological polar surface area (TPSA) is 137 Å². The summed E-state index contributed by atoms with van der Waals surface area (Å²) < 4.78 is 83.5. The van der Waals surface area contributed by atoms with Gasteiger partial charge in [-0.15, -0.1) is 0 Å². The normalized spacial score (nSPS) is 24.6. The summed E-state index contributed by atoms with van der Waals surface area (Å²) in [6, 6.07) is 80.2. The highest BCUT2D eigenvalue weighted by atomic mass is 16.6. The van der Waals surface area contributed by atoms with Gasteiger partial charge in [-0.3, -0.25) is 0 Å². The average Bonchev–Trinajstić information content (AvgIpc) is 0.785. The molecule has 0 aromatic heterocycles. The smallest absolute Gasteiger partial charge is 0.118 e. The molecular weight excluding hydrogens is 1250 g/mol. The van der Waals surface area contributed by atoms with Crippen molar-refractivity contribution < 1.29 is 56.8 Å². The van der Waals surface area contributed by atoms with Crippen LogP contribution in [0.15, 0.2) is 237 Å². The van der Waals surface area contributed by atoms with Crippen molar-refractivity contribution in [2.45, 2.75) is 210 Å². The molecule has 3 aliphatic heterocycles. The standard InChI is InChI=1S/C87H107NO12/c1-65-84(94-59-69-38-22-12-23-39-69)87(97-62-72-44-28-15-29-45-72)86(96-61-71-42-26-14-27-43-71)80(98-65)53-74-52-79(93-58-68-36-20-11-21-37-68)82(64-92-57-67-34-18-10-19-35-67)100-78(74)54-76-81(63-91-56-66-32-16-9-17-33-66)99-77(83(88)85(76)95-60-70-40-24-13-25-41-70)46-30-7-5-3-4-6-8-31-51-90-55-73-47-49-75(89-2)50-48-73/h9-29,32-45,47-50,65,74,76-87H,3-8,30-31,46,51-64,88H2,1-2H3/t65-,74-,76+,77-,78-,79+,80-,81+,82+,83-,84+,85-,86+,87+/m0/s1. The number of benzene rings is 8. The van der Waals surface area contributed by atoms with Crippen molar-refractivity contribution in [1.82, 2.24) is 0 Å². The van der Waals surface area contributed by atoms with E-state index in [1.807, 2.05) is 78.9 Å². The lowest BCUT2D eigenvalue weighted by molar-refractivity contribution is -0.270. The van der Waals surface area contributed by atoms with Crippen LogP contribution in [-0.2, 0) is 105 Å². The van der Waals surface area contributed by atoms with Gasteiger partial charge in [0.15, 0.2) is 0 Å². The maximum atomic E-state index is 7.77. The molecule has 0 bridgehead atoms. The average molecular weight is 1360 g/mol. The van der Waals surface area contributed by atoms with Crippen molar-refractivity contribution >= 4 is 0 Å². The third-order valence-corrected chi connectivity index (χ3v) is 20.0. The van der Waals surface area contributed by atoms with E-state index < -0.39 is 42.7 Å². The van der Waals surface area contributed by atoms with Gasteiger partial charge in [-0.05, 0) is 102 Å². The molecule has 0 aliphatic carbocycles. The Balaban J connectivity index is 0.874. The number of rotatable bonds is 41. The Morgan fingerprint density at radius 3 is 1.22 bits per heavy atom. The second-order valence-electron chi connectivity index (χ2n) is 27.4. The Morgan fingerprint density at radius 2 is 0.730 bits per heavy atom. The van der Waals surface area contributed by atoms with E-state index >= 15 is 0 Å². The van der Waals surface area contributed by atoms with Crippen LogP contribution in [-0.4, -0.2) is 100 Å². The number of nitrogens with two attached hydrogens (primary N) is 1. The molecule has 11 rings (SSSR count). The van der Waals surface area contributed by atoms with Gasteiger partial charge in [0, 0.05) is 12.5 Å². The number of hydrogen-bond donors (Lipinski definition) is 1. The first-order valence-corrected chi connectivity index (χ1v) is 36.8. The fraction of sp³-hybridized carbons (Fsp3) is 0.448. The Hall–Kier alpha value is -6.92. The van der Waals surface area contributed by atoms with Gasteiger partial charge in [0.05, 0.1) is 122 Å². The van der Waals surface area contributed by atoms with Crippen molar-refractivity contribution in [2.75, 3.05) is 26.9 Å². The van der Waals surface area contributed by atoms with Crippen molar-refractivity contribution in [3.63, 3.8) is 0 Å². The highest BCUT2D eigenvalue weighted by Crippen LogP contribution is 2.43. The second kappa shape index (κ2) is 41.2. The molecule has 13 nitrogen and oxygen atoms in total. The molecule has 100 heavy (non-hydrogen) atoms. The zero-order valence-electron chi connectivity index (χ0n) is 58.8. The summed E-state index contributed by atoms with van der Waals surface area (Å²) in [6.45, 7) is 6.92. The summed E-state index contributed by atoms with van der Waals surface area (Å²) in [4.78, 5) is 0. The number of methoxy groups -OCH3 is 1. The van der Waals surface area contributed by atoms with Gasteiger partial charge >= 0.3 is 0 Å². The van der Waals surface area contributed by atoms with E-state index in [2.05, 4.69) is 165 Å². The molecule has 0 amide bonds. The van der Waals surface area contributed by atoms with E-state index in [9.17, 15) is 0 Å². The van der Waals surface area contributed by atoms with Crippen LogP contribution >= 0.6 is 0 Å². The SMILES string of the molecule is COc1ccc(COCCCCCCCCCC[C@@H]2O[C@H](COCc3ccccc3)[C@@H](C[C@@H]3O[C@H](COCc4ccccc4)[C@H](OCc4ccccc4)C[C@H]3C[C@@H]3O[C@@H](C)[C@@H](OCc4ccccc4)[C@@H](OCc4ccccc4)[C@@H]3OCc3ccccc3)[C@H](OCc3ccccc3)[C@H]2N)cc1. The monoisotopic (exact) mass is 1360 g/mol. The number of unbranched alkanes of at least 4 members (excludes halogenated alkanes) is 7. The molecule has 8 aromatic carbocycles. The van der Waals surface area contributed by atoms with Crippen molar-refractivity contribution in [3.8, 4) is 5.75 Å². The Labute approximate surface area is 595 Å². The molecule has 3 aliphatic rings. The van der Waals surface area contributed by atoms with Crippen molar-refractivity contribution in [1.29, 1.82) is 0 Å². The predicted molar refractivity (Wildman–Crippen MR) is 392 cm³/mol. The van der Waals surface area contributed by atoms with Gasteiger partial charge in [0.1, 0.15) is 30.2 Å². The van der Waals surface area contributed by atoms with E-state index in [4.69, 9.17) is 62.6 Å². The molecule has 0 saturated carbocycles. The third kappa shape index (κ3) is 23.6. The number of ether oxygens (including phenoxy) is 12. The van der Waals surface area contributed by atoms with Crippen LogP contribution in [0.25, 0.3) is 0 Å². The maximum Gasteiger partial charge on any atom is 0.118 e. The largest absolute Gasteiger partial charge is 0.497 e. The Bertz CT molecular complexity index is 3440. The van der Waals surface area contributed by atoms with Crippen LogP contribution in [0.4, 0.5) is 0 Å². The minimum Gasteiger partial charge on any atom is -0.497 e. The van der Waals surface area contributed by atoms with Crippen LogP contribution in [0.3, 0.4) is 0 Å². The first-order chi connectivity index (χ1) is 49.4. The highest BCUT2D eigenvalue weighted by Gasteiger charge is 2.52. The molecule has 0 spiro atoms. The van der Waals surface area contributed by atoms with E-state index in [1.165, 1.54) is 19.3 Å². The molecule has 14 atom stereocenters. The zero-order valence-corrected chi connectivity index (χ0v) is 58.8. The van der Waals surface area contributed by atoms with Crippen LogP contribution in [0.1, 0.15) is 128 Å². The first-order valence-electron chi connectivity index (χ1n) is 36.8. The molecule has 13 heteroatoms. The minimum absolute atomic E-state index is 0.143. The summed E-state index contributed by atoms with van der Waals surface area (Å²) in [5.74, 6) is 0.461. The maximum absolute atomic E-state index is 7.77. The first kappa shape index (κ1) is 74.3. The van der Waals surface area contributed by atoms with Crippen LogP contribution in [0.2, 0.25) is 0 Å². The summed E-state index contributed by atoms with van der Waals surface area (Å²) in [5.41, 5.74) is 16.4. The van der Waals surface area contributed by atoms with Gasteiger partial charge < -0.3 is 62.6 Å². The summed E-state index contributed by atoms with van der Waals surface area (Å²) in [5, 5.41) is 0. The quantitative estimate of drug-likeness (QED) is 0.0364. The molecule has 8 aromatic rings. The van der Waals surface area contributed by atoms with Crippen molar-refractivity contribution in [3.05, 3.63) is 281 Å². The second-order valence-corrected chi connectivity index (χ2v) is 27.4. The molecule has 0 radical (unpaired) electrons. The molecule has 2 N–H and O–H groups in total. The molecule has 0 unspecified atom stereocenters. The summed E-state index contributed by atoms with van der Waals surface area (Å²) in [7, 11) is 1.69. The van der Waals surface area contributed by atoms with E-state index in [-0.39, 0.29) is 42.4 Å². The van der Waals surface area contributed by atoms with E-state index in [0.29, 0.717) is 85.3 Å². The van der Waals surface area contributed by atoms with Crippen LogP contribution in [0.5, 0.6) is 5.75 Å². The fourth-order valence-corrected chi connectivity index (χ4v) is 14.5. The van der Waals surface area contributed by atoms with E-state index in [0.717, 1.165) is 95.4 Å². The predicted octanol–water partition coefficient (Wildman–Crippen LogP) is 17.1. The van der Waals surface area contributed by atoms with Gasteiger partial charge in [0.25, 0.3) is 0 Å². The fourth-order valence-electron chi connectivity index (χ4n) is 14.5.